The van der Waals surface area contributed by atoms with Gasteiger partial charge in [0.25, 0.3) is 0 Å². The molecule has 4 aromatic rings. The number of aromatic amines is 1. The van der Waals surface area contributed by atoms with E-state index >= 15 is 0 Å². The highest BCUT2D eigenvalue weighted by Crippen LogP contribution is 2.24. The third kappa shape index (κ3) is 4.26. The second-order valence-corrected chi connectivity index (χ2v) is 8.56. The first-order valence-corrected chi connectivity index (χ1v) is 10.6. The summed E-state index contributed by atoms with van der Waals surface area (Å²) >= 11 is 0. The van der Waals surface area contributed by atoms with Crippen molar-refractivity contribution in [2.24, 2.45) is 0 Å². The first-order chi connectivity index (χ1) is 13.5. The maximum absolute atomic E-state index is 11.4. The Balaban J connectivity index is 1.50. The fourth-order valence-electron chi connectivity index (χ4n) is 2.82. The molecule has 0 radical (unpaired) electrons. The summed E-state index contributed by atoms with van der Waals surface area (Å²) in [5, 5.41) is 14.4. The number of benzene rings is 2. The van der Waals surface area contributed by atoms with Crippen molar-refractivity contribution in [3.05, 3.63) is 66.5 Å². The van der Waals surface area contributed by atoms with Crippen LogP contribution in [0.4, 0.5) is 23.1 Å². The molecule has 142 valence electrons. The van der Waals surface area contributed by atoms with Crippen LogP contribution >= 0.6 is 0 Å². The average molecular weight is 394 g/mol. The molecule has 0 aliphatic heterocycles. The number of hydrogen-bond acceptors (Lipinski definition) is 7. The van der Waals surface area contributed by atoms with Crippen LogP contribution in [-0.4, -0.2) is 34.8 Å². The van der Waals surface area contributed by atoms with Gasteiger partial charge in [-0.05, 0) is 35.9 Å². The molecule has 4 rings (SSSR count). The van der Waals surface area contributed by atoms with E-state index in [-0.39, 0.29) is 5.75 Å². The van der Waals surface area contributed by atoms with Crippen LogP contribution in [-0.2, 0) is 15.6 Å². The molecule has 0 bridgehead atoms. The molecule has 3 N–H and O–H groups in total. The van der Waals surface area contributed by atoms with Gasteiger partial charge in [-0.25, -0.2) is 13.4 Å². The van der Waals surface area contributed by atoms with Gasteiger partial charge in [0.15, 0.2) is 9.84 Å². The van der Waals surface area contributed by atoms with E-state index in [2.05, 4.69) is 30.8 Å². The van der Waals surface area contributed by atoms with Crippen LogP contribution in [0.1, 0.15) is 5.56 Å². The third-order valence-electron chi connectivity index (χ3n) is 4.04. The van der Waals surface area contributed by atoms with Crippen molar-refractivity contribution in [2.45, 2.75) is 5.75 Å². The number of anilines is 4. The lowest BCUT2D eigenvalue weighted by atomic mass is 10.2. The predicted octanol–water partition coefficient (Wildman–Crippen LogP) is 3.38. The molecule has 0 spiro atoms. The molecule has 0 atom stereocenters. The van der Waals surface area contributed by atoms with E-state index in [1.54, 1.807) is 42.7 Å². The summed E-state index contributed by atoms with van der Waals surface area (Å²) in [6, 6.07) is 14.8. The highest BCUT2D eigenvalue weighted by molar-refractivity contribution is 7.89. The molecule has 2 aromatic heterocycles. The van der Waals surface area contributed by atoms with Crippen LogP contribution in [0.2, 0.25) is 0 Å². The van der Waals surface area contributed by atoms with Gasteiger partial charge in [0.05, 0.1) is 23.2 Å². The Hall–Kier alpha value is -3.46. The Morgan fingerprint density at radius 2 is 1.86 bits per heavy atom. The van der Waals surface area contributed by atoms with Crippen LogP contribution in [0.15, 0.2) is 60.9 Å². The fourth-order valence-corrected chi connectivity index (χ4v) is 3.62. The number of H-pyrrole nitrogens is 1. The lowest BCUT2D eigenvalue weighted by Gasteiger charge is -2.09. The lowest BCUT2D eigenvalue weighted by Crippen LogP contribution is -2.02. The summed E-state index contributed by atoms with van der Waals surface area (Å²) in [6.45, 7) is 0. The van der Waals surface area contributed by atoms with Crippen LogP contribution in [0.25, 0.3) is 10.9 Å². The summed E-state index contributed by atoms with van der Waals surface area (Å²) in [5.41, 5.74) is 3.33. The number of nitrogens with zero attached hydrogens (tertiary/aromatic N) is 3. The van der Waals surface area contributed by atoms with E-state index in [0.717, 1.165) is 27.8 Å². The largest absolute Gasteiger partial charge is 0.339 e. The van der Waals surface area contributed by atoms with Gasteiger partial charge < -0.3 is 10.6 Å². The summed E-state index contributed by atoms with van der Waals surface area (Å²) in [4.78, 5) is 8.71. The van der Waals surface area contributed by atoms with E-state index in [1.807, 2.05) is 18.2 Å². The molecule has 0 aliphatic rings. The monoisotopic (exact) mass is 394 g/mol. The van der Waals surface area contributed by atoms with Gasteiger partial charge in [0.1, 0.15) is 5.82 Å². The molecular weight excluding hydrogens is 376 g/mol. The molecule has 0 saturated carbocycles. The Labute approximate surface area is 162 Å². The normalized spacial score (nSPS) is 11.5. The van der Waals surface area contributed by atoms with Crippen LogP contribution in [0.5, 0.6) is 0 Å². The second kappa shape index (κ2) is 7.28. The SMILES string of the molecule is CS(=O)(=O)Cc1ccc(Nc2nccc(Nc3cccc4[nH]ncc34)n2)cc1. The van der Waals surface area contributed by atoms with Gasteiger partial charge in [0, 0.05) is 23.5 Å². The Morgan fingerprint density at radius 3 is 2.64 bits per heavy atom. The maximum atomic E-state index is 11.4. The highest BCUT2D eigenvalue weighted by atomic mass is 32.2. The molecule has 0 amide bonds. The number of aromatic nitrogens is 4. The molecule has 0 aliphatic carbocycles. The number of sulfone groups is 1. The van der Waals surface area contributed by atoms with Crippen molar-refractivity contribution in [3.63, 3.8) is 0 Å². The number of nitrogens with one attached hydrogen (secondary N) is 3. The predicted molar refractivity (Wildman–Crippen MR) is 110 cm³/mol. The maximum Gasteiger partial charge on any atom is 0.229 e. The van der Waals surface area contributed by atoms with Crippen molar-refractivity contribution in [2.75, 3.05) is 16.9 Å². The van der Waals surface area contributed by atoms with Crippen molar-refractivity contribution in [1.29, 1.82) is 0 Å². The average Bonchev–Trinajstić information content (AvgIpc) is 3.12. The zero-order valence-electron chi connectivity index (χ0n) is 15.0. The molecule has 28 heavy (non-hydrogen) atoms. The zero-order chi connectivity index (χ0) is 19.6. The number of rotatable bonds is 6. The minimum absolute atomic E-state index is 0.0166. The zero-order valence-corrected chi connectivity index (χ0v) is 15.9. The molecule has 2 aromatic carbocycles. The van der Waals surface area contributed by atoms with Crippen molar-refractivity contribution < 1.29 is 8.42 Å². The van der Waals surface area contributed by atoms with Gasteiger partial charge in [-0.2, -0.15) is 10.1 Å². The van der Waals surface area contributed by atoms with E-state index < -0.39 is 9.84 Å². The van der Waals surface area contributed by atoms with Crippen molar-refractivity contribution >= 4 is 43.9 Å². The van der Waals surface area contributed by atoms with Crippen molar-refractivity contribution in [3.8, 4) is 0 Å². The molecule has 0 unspecified atom stereocenters. The van der Waals surface area contributed by atoms with Crippen LogP contribution in [0.3, 0.4) is 0 Å². The third-order valence-corrected chi connectivity index (χ3v) is 4.90. The number of fused-ring (bicyclic) bond motifs is 1. The van der Waals surface area contributed by atoms with E-state index in [0.29, 0.717) is 11.8 Å². The first-order valence-electron chi connectivity index (χ1n) is 8.52. The second-order valence-electron chi connectivity index (χ2n) is 6.42. The Bertz CT molecular complexity index is 1220. The van der Waals surface area contributed by atoms with E-state index in [1.165, 1.54) is 6.26 Å². The first kappa shape index (κ1) is 17.9. The van der Waals surface area contributed by atoms with E-state index in [9.17, 15) is 8.42 Å². The van der Waals surface area contributed by atoms with Crippen molar-refractivity contribution in [1.82, 2.24) is 20.2 Å². The van der Waals surface area contributed by atoms with Crippen LogP contribution < -0.4 is 10.6 Å². The molecule has 8 nitrogen and oxygen atoms in total. The van der Waals surface area contributed by atoms with Gasteiger partial charge >= 0.3 is 0 Å². The summed E-state index contributed by atoms with van der Waals surface area (Å²) in [5.74, 6) is 1.09. The van der Waals surface area contributed by atoms with Gasteiger partial charge in [-0.15, -0.1) is 0 Å². The molecule has 0 saturated heterocycles. The lowest BCUT2D eigenvalue weighted by molar-refractivity contribution is 0.601. The minimum Gasteiger partial charge on any atom is -0.339 e. The smallest absolute Gasteiger partial charge is 0.229 e. The fraction of sp³-hybridized carbons (Fsp3) is 0.105. The summed E-state index contributed by atoms with van der Waals surface area (Å²) in [6.07, 6.45) is 4.64. The van der Waals surface area contributed by atoms with E-state index in [4.69, 9.17) is 0 Å². The standard InChI is InChI=1S/C19H18N6O2S/c1-28(26,27)12-13-5-7-14(8-6-13)22-19-20-10-9-18(24-19)23-16-3-2-4-17-15(16)11-21-25-17/h2-11H,12H2,1H3,(H,21,25)(H2,20,22,23,24). The highest BCUT2D eigenvalue weighted by Gasteiger charge is 2.07. The van der Waals surface area contributed by atoms with Crippen LogP contribution in [0, 0.1) is 0 Å². The molecule has 2 heterocycles. The topological polar surface area (TPSA) is 113 Å². The summed E-state index contributed by atoms with van der Waals surface area (Å²) < 4.78 is 22.8. The quantitative estimate of drug-likeness (QED) is 0.459. The number of hydrogen-bond donors (Lipinski definition) is 3. The Kier molecular flexibility index (Phi) is 4.66. The molecule has 9 heteroatoms. The van der Waals surface area contributed by atoms with Gasteiger partial charge in [0.2, 0.25) is 5.95 Å². The summed E-state index contributed by atoms with van der Waals surface area (Å²) in [7, 11) is -3.06. The molecular formula is C19H18N6O2S. The minimum atomic E-state index is -3.06. The van der Waals surface area contributed by atoms with Gasteiger partial charge in [-0.1, -0.05) is 18.2 Å². The molecule has 0 fully saturated rings. The van der Waals surface area contributed by atoms with Gasteiger partial charge in [-0.3, -0.25) is 5.10 Å². The Morgan fingerprint density at radius 1 is 1.04 bits per heavy atom.